The van der Waals surface area contributed by atoms with Gasteiger partial charge in [-0.3, -0.25) is 14.7 Å². The number of hydrogen-bond donors (Lipinski definition) is 1. The molecule has 1 aromatic rings. The van der Waals surface area contributed by atoms with Crippen molar-refractivity contribution in [3.63, 3.8) is 0 Å². The second-order valence-electron chi connectivity index (χ2n) is 3.62. The summed E-state index contributed by atoms with van der Waals surface area (Å²) in [5.41, 5.74) is 0. The largest absolute Gasteiger partial charge is 0.374 e. The van der Waals surface area contributed by atoms with Crippen molar-refractivity contribution in [3.05, 3.63) is 32.5 Å². The number of thiophene rings is 1. The van der Waals surface area contributed by atoms with E-state index < -0.39 is 24.4 Å². The summed E-state index contributed by atoms with van der Waals surface area (Å²) in [6, 6.07) is 3.08. The topological polar surface area (TPSA) is 98.9 Å². The van der Waals surface area contributed by atoms with Crippen LogP contribution in [-0.2, 0) is 19.0 Å². The van der Waals surface area contributed by atoms with Crippen LogP contribution in [0.25, 0.3) is 0 Å². The Balaban J connectivity index is 3.28. The molecule has 0 saturated heterocycles. The maximum atomic E-state index is 12.7. The summed E-state index contributed by atoms with van der Waals surface area (Å²) in [4.78, 5) is 10.2. The van der Waals surface area contributed by atoms with Gasteiger partial charge in [-0.2, -0.15) is 0 Å². The lowest BCUT2D eigenvalue weighted by atomic mass is 10.3. The molecule has 0 bridgehead atoms. The molecule has 1 atom stereocenters. The minimum absolute atomic E-state index is 0.0165. The number of rotatable bonds is 8. The maximum absolute atomic E-state index is 12.7. The van der Waals surface area contributed by atoms with Crippen LogP contribution in [0.2, 0.25) is 0 Å². The third-order valence-electron chi connectivity index (χ3n) is 2.32. The van der Waals surface area contributed by atoms with E-state index in [0.29, 0.717) is 0 Å². The molecule has 0 aliphatic heterocycles. The first-order valence-electron chi connectivity index (χ1n) is 5.67. The summed E-state index contributed by atoms with van der Waals surface area (Å²) in [5, 5.41) is 20.7. The second-order valence-corrected chi connectivity index (χ2v) is 6.82. The summed E-state index contributed by atoms with van der Waals surface area (Å²) in [7, 11) is -4.06. The number of hydrogen-bond acceptors (Lipinski definition) is 7. The number of nitro groups is 1. The molecule has 9 heteroatoms. The molecule has 1 heterocycles. The average molecular weight is 309 g/mol. The van der Waals surface area contributed by atoms with Crippen LogP contribution in [0, 0.1) is 10.1 Å². The third kappa shape index (κ3) is 3.40. The van der Waals surface area contributed by atoms with Crippen molar-refractivity contribution in [1.82, 2.24) is 0 Å². The minimum atomic E-state index is -4.06. The summed E-state index contributed by atoms with van der Waals surface area (Å²) in [5.74, 6) is 0. The van der Waals surface area contributed by atoms with Crippen LogP contribution in [0.4, 0.5) is 0 Å². The molecular weight excluding hydrogens is 293 g/mol. The lowest BCUT2D eigenvalue weighted by Crippen LogP contribution is -2.35. The molecule has 108 valence electrons. The highest BCUT2D eigenvalue weighted by Gasteiger charge is 2.56. The molecular formula is C10H16NO6PS. The molecule has 1 unspecified atom stereocenters. The van der Waals surface area contributed by atoms with Gasteiger partial charge >= 0.3 is 7.60 Å². The minimum Gasteiger partial charge on any atom is -0.368 e. The van der Waals surface area contributed by atoms with Gasteiger partial charge in [0.15, 0.2) is 0 Å². The van der Waals surface area contributed by atoms with E-state index in [4.69, 9.17) is 9.05 Å². The molecule has 1 N–H and O–H groups in total. The normalized spacial score (nSPS) is 15.1. The molecule has 0 radical (unpaired) electrons. The summed E-state index contributed by atoms with van der Waals surface area (Å²) >= 11 is 1.06. The monoisotopic (exact) mass is 309 g/mol. The fourth-order valence-corrected chi connectivity index (χ4v) is 4.60. The quantitative estimate of drug-likeness (QED) is 0.450. The maximum Gasteiger partial charge on any atom is 0.374 e. The van der Waals surface area contributed by atoms with Gasteiger partial charge < -0.3 is 14.2 Å². The first kappa shape index (κ1) is 16.3. The lowest BCUT2D eigenvalue weighted by Gasteiger charge is -2.30. The highest BCUT2D eigenvalue weighted by Crippen LogP contribution is 2.64. The predicted octanol–water partition coefficient (Wildman–Crippen LogP) is 2.44. The Morgan fingerprint density at radius 3 is 2.42 bits per heavy atom. The van der Waals surface area contributed by atoms with E-state index in [1.54, 1.807) is 25.3 Å². The van der Waals surface area contributed by atoms with Crippen molar-refractivity contribution in [1.29, 1.82) is 0 Å². The molecule has 19 heavy (non-hydrogen) atoms. The van der Waals surface area contributed by atoms with Crippen LogP contribution in [0.5, 0.6) is 0 Å². The van der Waals surface area contributed by atoms with Gasteiger partial charge in [-0.25, -0.2) is 0 Å². The van der Waals surface area contributed by atoms with Gasteiger partial charge in [-0.05, 0) is 25.3 Å². The summed E-state index contributed by atoms with van der Waals surface area (Å²) in [6.45, 7) is 2.25. The highest BCUT2D eigenvalue weighted by atomic mass is 32.1. The van der Waals surface area contributed by atoms with Crippen LogP contribution in [-0.4, -0.2) is 29.8 Å². The third-order valence-corrected chi connectivity index (χ3v) is 5.97. The molecule has 1 aromatic heterocycles. The van der Waals surface area contributed by atoms with Crippen LogP contribution in [0.1, 0.15) is 18.7 Å². The second kappa shape index (κ2) is 6.58. The Bertz CT molecular complexity index is 455. The van der Waals surface area contributed by atoms with Gasteiger partial charge in [0.05, 0.1) is 18.1 Å². The number of aliphatic hydroxyl groups is 1. The first-order chi connectivity index (χ1) is 8.89. The van der Waals surface area contributed by atoms with Gasteiger partial charge in [0.25, 0.3) is 5.34 Å². The molecule has 7 nitrogen and oxygen atoms in total. The Hall–Kier alpha value is -0.790. The summed E-state index contributed by atoms with van der Waals surface area (Å²) in [6.07, 6.45) is 0. The van der Waals surface area contributed by atoms with Gasteiger partial charge in [0.1, 0.15) is 0 Å². The van der Waals surface area contributed by atoms with E-state index in [1.165, 1.54) is 6.07 Å². The summed E-state index contributed by atoms with van der Waals surface area (Å²) < 4.78 is 22.8. The molecule has 0 fully saturated rings. The fourth-order valence-electron chi connectivity index (χ4n) is 1.58. The van der Waals surface area contributed by atoms with Crippen LogP contribution < -0.4 is 0 Å². The van der Waals surface area contributed by atoms with E-state index >= 15 is 0 Å². The van der Waals surface area contributed by atoms with Crippen LogP contribution in [0.3, 0.4) is 0 Å². The van der Waals surface area contributed by atoms with E-state index in [-0.39, 0.29) is 18.1 Å². The number of nitrogens with zero attached hydrogens (tertiary/aromatic N) is 1. The van der Waals surface area contributed by atoms with Gasteiger partial charge in [0.2, 0.25) is 6.54 Å². The fraction of sp³-hybridized carbons (Fsp3) is 0.600. The Kier molecular flexibility index (Phi) is 5.64. The van der Waals surface area contributed by atoms with Crippen molar-refractivity contribution < 1.29 is 23.6 Å². The predicted molar refractivity (Wildman–Crippen MR) is 70.9 cm³/mol. The molecule has 0 saturated carbocycles. The lowest BCUT2D eigenvalue weighted by molar-refractivity contribution is -0.496. The van der Waals surface area contributed by atoms with E-state index in [1.807, 2.05) is 0 Å². The van der Waals surface area contributed by atoms with Gasteiger partial charge in [0, 0.05) is 4.92 Å². The van der Waals surface area contributed by atoms with E-state index in [0.717, 1.165) is 11.3 Å². The van der Waals surface area contributed by atoms with Gasteiger partial charge in [-0.1, -0.05) is 6.07 Å². The van der Waals surface area contributed by atoms with Gasteiger partial charge in [-0.15, -0.1) is 11.3 Å². The SMILES string of the molecule is CCOP(=O)(OCC)C(O)(C[N+](=O)[O-])c1cccs1. The van der Waals surface area contributed by atoms with Crippen molar-refractivity contribution >= 4 is 18.9 Å². The molecule has 0 amide bonds. The molecule has 0 aliphatic rings. The molecule has 0 aromatic carbocycles. The first-order valence-corrected chi connectivity index (χ1v) is 8.09. The van der Waals surface area contributed by atoms with Crippen molar-refractivity contribution in [2.75, 3.05) is 19.8 Å². The molecule has 0 spiro atoms. The van der Waals surface area contributed by atoms with Crippen molar-refractivity contribution in [2.24, 2.45) is 0 Å². The zero-order valence-corrected chi connectivity index (χ0v) is 12.4. The zero-order chi connectivity index (χ0) is 14.5. The Labute approximate surface area is 114 Å². The van der Waals surface area contributed by atoms with Crippen LogP contribution >= 0.6 is 18.9 Å². The zero-order valence-electron chi connectivity index (χ0n) is 10.6. The van der Waals surface area contributed by atoms with Crippen molar-refractivity contribution in [2.45, 2.75) is 19.2 Å². The Morgan fingerprint density at radius 2 is 2.05 bits per heavy atom. The van der Waals surface area contributed by atoms with Crippen LogP contribution in [0.15, 0.2) is 17.5 Å². The molecule has 1 rings (SSSR count). The van der Waals surface area contributed by atoms with E-state index in [2.05, 4.69) is 0 Å². The Morgan fingerprint density at radius 1 is 1.47 bits per heavy atom. The van der Waals surface area contributed by atoms with Crippen molar-refractivity contribution in [3.8, 4) is 0 Å². The van der Waals surface area contributed by atoms with E-state index in [9.17, 15) is 19.8 Å². The highest BCUT2D eigenvalue weighted by molar-refractivity contribution is 7.55. The standard InChI is InChI=1S/C10H16NO6PS/c1-3-16-18(15,17-4-2)10(12,8-11(13)14)9-6-5-7-19-9/h5-7,12H,3-4,8H2,1-2H3. The molecule has 0 aliphatic carbocycles. The smallest absolute Gasteiger partial charge is 0.368 e. The average Bonchev–Trinajstić information content (AvgIpc) is 2.82.